The van der Waals surface area contributed by atoms with Crippen LogP contribution in [0.4, 0.5) is 13.2 Å². The molecule has 5 heteroatoms. The predicted octanol–water partition coefficient (Wildman–Crippen LogP) is 4.81. The van der Waals surface area contributed by atoms with E-state index in [4.69, 9.17) is 5.73 Å². The molecule has 0 heterocycles. The van der Waals surface area contributed by atoms with E-state index in [9.17, 15) is 13.2 Å². The molecule has 2 aromatic carbocycles. The van der Waals surface area contributed by atoms with Gasteiger partial charge in [-0.15, -0.1) is 12.4 Å². The molecule has 0 saturated heterocycles. The van der Waals surface area contributed by atoms with Crippen LogP contribution in [-0.2, 0) is 6.18 Å². The van der Waals surface area contributed by atoms with Crippen LogP contribution in [0.1, 0.15) is 24.1 Å². The SMILES string of the molecule is C[C@@H](N)c1cccc(-c2ccc(C(F)(F)F)cc2)c1.Cl. The van der Waals surface area contributed by atoms with E-state index in [0.717, 1.165) is 28.8 Å². The van der Waals surface area contributed by atoms with E-state index in [1.165, 1.54) is 12.1 Å². The Morgan fingerprint density at radius 3 is 2.05 bits per heavy atom. The summed E-state index contributed by atoms with van der Waals surface area (Å²) in [5.74, 6) is 0. The number of hydrogen-bond acceptors (Lipinski definition) is 1. The van der Waals surface area contributed by atoms with Crippen molar-refractivity contribution < 1.29 is 13.2 Å². The van der Waals surface area contributed by atoms with E-state index in [1.54, 1.807) is 0 Å². The number of alkyl halides is 3. The first-order valence-electron chi connectivity index (χ1n) is 5.91. The van der Waals surface area contributed by atoms with Gasteiger partial charge in [0.1, 0.15) is 0 Å². The fourth-order valence-corrected chi connectivity index (χ4v) is 1.85. The van der Waals surface area contributed by atoms with Crippen molar-refractivity contribution in [3.8, 4) is 11.1 Å². The van der Waals surface area contributed by atoms with Crippen molar-refractivity contribution in [2.24, 2.45) is 5.73 Å². The average molecular weight is 302 g/mol. The molecule has 0 unspecified atom stereocenters. The summed E-state index contributed by atoms with van der Waals surface area (Å²) in [4.78, 5) is 0. The molecule has 2 rings (SSSR count). The van der Waals surface area contributed by atoms with Crippen molar-refractivity contribution in [1.82, 2.24) is 0 Å². The Kier molecular flexibility index (Phi) is 5.20. The van der Waals surface area contributed by atoms with E-state index in [-0.39, 0.29) is 18.4 Å². The lowest BCUT2D eigenvalue weighted by atomic mass is 9.99. The van der Waals surface area contributed by atoms with Gasteiger partial charge in [0.05, 0.1) is 5.56 Å². The van der Waals surface area contributed by atoms with Gasteiger partial charge < -0.3 is 5.73 Å². The highest BCUT2D eigenvalue weighted by Gasteiger charge is 2.29. The molecule has 0 fully saturated rings. The fraction of sp³-hybridized carbons (Fsp3) is 0.200. The van der Waals surface area contributed by atoms with Gasteiger partial charge in [0.15, 0.2) is 0 Å². The Labute approximate surface area is 122 Å². The zero-order valence-electron chi connectivity index (χ0n) is 10.8. The topological polar surface area (TPSA) is 26.0 Å². The van der Waals surface area contributed by atoms with Crippen molar-refractivity contribution in [1.29, 1.82) is 0 Å². The molecule has 1 atom stereocenters. The number of hydrogen-bond donors (Lipinski definition) is 1. The van der Waals surface area contributed by atoms with Crippen molar-refractivity contribution >= 4 is 12.4 Å². The van der Waals surface area contributed by atoms with Crippen LogP contribution in [0.25, 0.3) is 11.1 Å². The van der Waals surface area contributed by atoms with E-state index < -0.39 is 11.7 Å². The molecule has 0 aliphatic heterocycles. The molecular weight excluding hydrogens is 287 g/mol. The van der Waals surface area contributed by atoms with Gasteiger partial charge in [-0.25, -0.2) is 0 Å². The third kappa shape index (κ3) is 3.74. The second-order valence-corrected chi connectivity index (χ2v) is 4.49. The molecule has 0 spiro atoms. The Bertz CT molecular complexity index is 562. The Morgan fingerprint density at radius 2 is 1.55 bits per heavy atom. The van der Waals surface area contributed by atoms with Crippen LogP contribution in [-0.4, -0.2) is 0 Å². The monoisotopic (exact) mass is 301 g/mol. The van der Waals surface area contributed by atoms with Gasteiger partial charge in [0.2, 0.25) is 0 Å². The Balaban J connectivity index is 0.00000200. The summed E-state index contributed by atoms with van der Waals surface area (Å²) in [7, 11) is 0. The van der Waals surface area contributed by atoms with Crippen LogP contribution in [0.3, 0.4) is 0 Å². The first-order chi connectivity index (χ1) is 8.88. The minimum absolute atomic E-state index is 0. The maximum absolute atomic E-state index is 12.5. The molecule has 0 amide bonds. The summed E-state index contributed by atoms with van der Waals surface area (Å²) in [6, 6.07) is 12.5. The second kappa shape index (κ2) is 6.29. The van der Waals surface area contributed by atoms with Crippen LogP contribution in [0.5, 0.6) is 0 Å². The summed E-state index contributed by atoms with van der Waals surface area (Å²) in [6.07, 6.45) is -4.30. The van der Waals surface area contributed by atoms with Gasteiger partial charge in [0, 0.05) is 6.04 Å². The van der Waals surface area contributed by atoms with E-state index in [2.05, 4.69) is 0 Å². The molecule has 0 saturated carbocycles. The number of halogens is 4. The fourth-order valence-electron chi connectivity index (χ4n) is 1.85. The lowest BCUT2D eigenvalue weighted by Crippen LogP contribution is -2.05. The van der Waals surface area contributed by atoms with Crippen LogP contribution >= 0.6 is 12.4 Å². The standard InChI is InChI=1S/C15H14F3N.ClH/c1-10(19)12-3-2-4-13(9-12)11-5-7-14(8-6-11)15(16,17)18;/h2-10H,19H2,1H3;1H/t10-;/m1./s1. The molecular formula is C15H15ClF3N. The van der Waals surface area contributed by atoms with Gasteiger partial charge in [-0.05, 0) is 41.8 Å². The van der Waals surface area contributed by atoms with Gasteiger partial charge in [0.25, 0.3) is 0 Å². The molecule has 2 N–H and O–H groups in total. The van der Waals surface area contributed by atoms with Crippen molar-refractivity contribution in [3.05, 3.63) is 59.7 Å². The third-order valence-corrected chi connectivity index (χ3v) is 2.96. The van der Waals surface area contributed by atoms with E-state index in [1.807, 2.05) is 31.2 Å². The van der Waals surface area contributed by atoms with Gasteiger partial charge >= 0.3 is 6.18 Å². The highest BCUT2D eigenvalue weighted by Crippen LogP contribution is 2.31. The van der Waals surface area contributed by atoms with E-state index in [0.29, 0.717) is 0 Å². The molecule has 0 aromatic heterocycles. The number of benzene rings is 2. The van der Waals surface area contributed by atoms with Gasteiger partial charge in [-0.3, -0.25) is 0 Å². The number of rotatable bonds is 2. The van der Waals surface area contributed by atoms with Crippen LogP contribution in [0, 0.1) is 0 Å². The maximum Gasteiger partial charge on any atom is 0.416 e. The highest BCUT2D eigenvalue weighted by molar-refractivity contribution is 5.85. The Morgan fingerprint density at radius 1 is 0.950 bits per heavy atom. The van der Waals surface area contributed by atoms with Gasteiger partial charge in [-0.2, -0.15) is 13.2 Å². The largest absolute Gasteiger partial charge is 0.416 e. The molecule has 20 heavy (non-hydrogen) atoms. The summed E-state index contributed by atoms with van der Waals surface area (Å²) in [5, 5.41) is 0. The highest BCUT2D eigenvalue weighted by atomic mass is 35.5. The Hall–Kier alpha value is -1.52. The predicted molar refractivity (Wildman–Crippen MR) is 76.7 cm³/mol. The normalized spacial score (nSPS) is 12.7. The molecule has 0 bridgehead atoms. The van der Waals surface area contributed by atoms with Crippen molar-refractivity contribution in [3.63, 3.8) is 0 Å². The second-order valence-electron chi connectivity index (χ2n) is 4.49. The zero-order valence-corrected chi connectivity index (χ0v) is 11.6. The van der Waals surface area contributed by atoms with Gasteiger partial charge in [-0.1, -0.05) is 30.3 Å². The van der Waals surface area contributed by atoms with Crippen molar-refractivity contribution in [2.45, 2.75) is 19.1 Å². The summed E-state index contributed by atoms with van der Waals surface area (Å²) < 4.78 is 37.4. The maximum atomic E-state index is 12.5. The van der Waals surface area contributed by atoms with Crippen LogP contribution < -0.4 is 5.73 Å². The molecule has 0 radical (unpaired) electrons. The number of nitrogens with two attached hydrogens (primary N) is 1. The third-order valence-electron chi connectivity index (χ3n) is 2.96. The molecule has 0 aliphatic carbocycles. The van der Waals surface area contributed by atoms with Crippen LogP contribution in [0.15, 0.2) is 48.5 Å². The van der Waals surface area contributed by atoms with Crippen molar-refractivity contribution in [2.75, 3.05) is 0 Å². The lowest BCUT2D eigenvalue weighted by Gasteiger charge is -2.10. The minimum Gasteiger partial charge on any atom is -0.324 e. The quantitative estimate of drug-likeness (QED) is 0.846. The summed E-state index contributed by atoms with van der Waals surface area (Å²) in [5.41, 5.74) is 7.72. The molecule has 0 aliphatic rings. The molecule has 108 valence electrons. The minimum atomic E-state index is -4.30. The smallest absolute Gasteiger partial charge is 0.324 e. The average Bonchev–Trinajstić information content (AvgIpc) is 2.38. The first-order valence-corrected chi connectivity index (χ1v) is 5.91. The first kappa shape index (κ1) is 16.5. The van der Waals surface area contributed by atoms with E-state index >= 15 is 0 Å². The molecule has 2 aromatic rings. The van der Waals surface area contributed by atoms with Crippen LogP contribution in [0.2, 0.25) is 0 Å². The zero-order chi connectivity index (χ0) is 14.0. The summed E-state index contributed by atoms with van der Waals surface area (Å²) >= 11 is 0. The molecule has 1 nitrogen and oxygen atoms in total. The lowest BCUT2D eigenvalue weighted by molar-refractivity contribution is -0.137. The summed E-state index contributed by atoms with van der Waals surface area (Å²) in [6.45, 7) is 1.87.